The molecule has 0 aliphatic rings. The minimum Gasteiger partial charge on any atom is -0.233 e. The Kier molecular flexibility index (Phi) is 4.10. The van der Waals surface area contributed by atoms with E-state index in [0.717, 1.165) is 22.7 Å². The number of benzene rings is 1. The molecule has 0 fully saturated rings. The monoisotopic (exact) mass is 374 g/mol. The summed E-state index contributed by atoms with van der Waals surface area (Å²) >= 11 is 8.90. The molecule has 0 aliphatic carbocycles. The summed E-state index contributed by atoms with van der Waals surface area (Å²) in [6.45, 7) is 0. The number of rotatable bonds is 1. The van der Waals surface area contributed by atoms with Gasteiger partial charge in [0.05, 0.1) is 11.3 Å². The normalized spacial score (nSPS) is 13.1. The van der Waals surface area contributed by atoms with Crippen LogP contribution in [-0.4, -0.2) is 4.37 Å². The van der Waals surface area contributed by atoms with Crippen LogP contribution in [0.25, 0.3) is 0 Å². The van der Waals surface area contributed by atoms with Crippen LogP contribution < -0.4 is 4.67 Å². The summed E-state index contributed by atoms with van der Waals surface area (Å²) in [5, 5.41) is 0.189. The second-order valence-electron chi connectivity index (χ2n) is 3.12. The molecule has 0 aliphatic heterocycles. The maximum atomic E-state index is 12.6. The van der Waals surface area contributed by atoms with Crippen LogP contribution in [0.15, 0.2) is 27.7 Å². The molecule has 0 saturated heterocycles. The Balaban J connectivity index is 2.55. The van der Waals surface area contributed by atoms with Crippen LogP contribution in [0.4, 0.5) is 18.9 Å². The van der Waals surface area contributed by atoms with E-state index in [-0.39, 0.29) is 10.8 Å². The van der Waals surface area contributed by atoms with Gasteiger partial charge in [-0.15, -0.1) is 0 Å². The Morgan fingerprint density at radius 2 is 2.06 bits per heavy atom. The van der Waals surface area contributed by atoms with Gasteiger partial charge in [-0.05, 0) is 44.5 Å². The maximum Gasteiger partial charge on any atom is 0.416 e. The van der Waals surface area contributed by atoms with Gasteiger partial charge in [0.15, 0.2) is 9.82 Å². The Morgan fingerprint density at radius 3 is 2.61 bits per heavy atom. The first-order chi connectivity index (χ1) is 8.38. The third-order valence-electron chi connectivity index (χ3n) is 1.91. The number of halogens is 5. The molecule has 2 aromatic rings. The lowest BCUT2D eigenvalue weighted by atomic mass is 10.2. The molecular weight excluding hydrogens is 373 g/mol. The fraction of sp³-hybridized carbons (Fsp3) is 0.111. The second-order valence-corrected chi connectivity index (χ2v) is 6.17. The van der Waals surface area contributed by atoms with Crippen LogP contribution in [-0.2, 0) is 6.18 Å². The lowest BCUT2D eigenvalue weighted by Gasteiger charge is -2.07. The average Bonchev–Trinajstić information content (AvgIpc) is 2.66. The van der Waals surface area contributed by atoms with Crippen LogP contribution in [0.5, 0.6) is 0 Å². The maximum absolute atomic E-state index is 12.6. The van der Waals surface area contributed by atoms with E-state index < -0.39 is 11.7 Å². The summed E-state index contributed by atoms with van der Waals surface area (Å²) in [7, 11) is 2.33. The van der Waals surface area contributed by atoms with Crippen molar-refractivity contribution in [3.05, 3.63) is 38.1 Å². The summed E-state index contributed by atoms with van der Waals surface area (Å²) in [5.41, 5.74) is -0.586. The largest absolute Gasteiger partial charge is 0.416 e. The van der Waals surface area contributed by atoms with Gasteiger partial charge in [0, 0.05) is 15.0 Å². The van der Waals surface area contributed by atoms with Gasteiger partial charge in [-0.3, -0.25) is 0 Å². The first-order valence-corrected chi connectivity index (χ1v) is 7.68. The van der Waals surface area contributed by atoms with Crippen LogP contribution in [0.3, 0.4) is 0 Å². The van der Waals surface area contributed by atoms with Crippen molar-refractivity contribution < 1.29 is 13.2 Å². The quantitative estimate of drug-likeness (QED) is 0.653. The van der Waals surface area contributed by atoms with E-state index in [1.54, 1.807) is 0 Å². The van der Waals surface area contributed by atoms with Crippen LogP contribution >= 0.6 is 48.4 Å². The number of alkyl halides is 3. The topological polar surface area (TPSA) is 25.2 Å². The van der Waals surface area contributed by atoms with E-state index in [4.69, 9.17) is 11.6 Å². The number of aromatic nitrogens is 1. The van der Waals surface area contributed by atoms with E-state index in [1.807, 2.05) is 0 Å². The molecule has 0 saturated carbocycles. The highest BCUT2D eigenvalue weighted by atomic mass is 79.9. The molecule has 0 atom stereocenters. The van der Waals surface area contributed by atoms with Crippen molar-refractivity contribution in [1.29, 1.82) is 0 Å². The predicted octanol–water partition coefficient (Wildman–Crippen LogP) is 4.87. The van der Waals surface area contributed by atoms with Crippen LogP contribution in [0.2, 0.25) is 5.15 Å². The van der Waals surface area contributed by atoms with Gasteiger partial charge in [0.2, 0.25) is 0 Å². The van der Waals surface area contributed by atoms with E-state index in [0.29, 0.717) is 9.14 Å². The SMILES string of the molecule is FC(F)(F)c1ccc(Br)c(N=c2ssnc2Cl)c1. The summed E-state index contributed by atoms with van der Waals surface area (Å²) in [5.74, 6) is 0. The fourth-order valence-electron chi connectivity index (χ4n) is 1.11. The first-order valence-electron chi connectivity index (χ1n) is 4.41. The van der Waals surface area contributed by atoms with Gasteiger partial charge in [0.1, 0.15) is 0 Å². The Hall–Kier alpha value is -0.440. The molecule has 0 spiro atoms. The van der Waals surface area contributed by atoms with Gasteiger partial charge in [-0.1, -0.05) is 11.6 Å². The molecule has 0 radical (unpaired) electrons. The van der Waals surface area contributed by atoms with Gasteiger partial charge >= 0.3 is 6.18 Å². The van der Waals surface area contributed by atoms with Crippen LogP contribution in [0, 0.1) is 0 Å². The average molecular weight is 376 g/mol. The van der Waals surface area contributed by atoms with Crippen LogP contribution in [0.1, 0.15) is 5.56 Å². The number of hydrogen-bond acceptors (Lipinski definition) is 4. The van der Waals surface area contributed by atoms with E-state index in [1.165, 1.54) is 16.4 Å². The second kappa shape index (κ2) is 5.28. The Labute approximate surface area is 120 Å². The molecule has 0 amide bonds. The Morgan fingerprint density at radius 1 is 1.33 bits per heavy atom. The highest BCUT2D eigenvalue weighted by Crippen LogP contribution is 2.35. The van der Waals surface area contributed by atoms with Crippen molar-refractivity contribution in [2.45, 2.75) is 6.18 Å². The standard InChI is InChI=1S/C9H3BrClF3N2S2/c10-5-2-1-4(9(12,13)14)3-6(5)15-8-7(11)16-18-17-8/h1-3H. The first kappa shape index (κ1) is 14.0. The smallest absolute Gasteiger partial charge is 0.233 e. The minimum atomic E-state index is -4.40. The van der Waals surface area contributed by atoms with Crippen molar-refractivity contribution in [3.63, 3.8) is 0 Å². The molecule has 1 aromatic carbocycles. The van der Waals surface area contributed by atoms with Crippen molar-refractivity contribution in [1.82, 2.24) is 4.37 Å². The fourth-order valence-corrected chi connectivity index (χ4v) is 3.43. The summed E-state index contributed by atoms with van der Waals surface area (Å²) in [4.78, 5) is 4.06. The molecule has 2 rings (SSSR count). The summed E-state index contributed by atoms with van der Waals surface area (Å²) in [6, 6.07) is 3.25. The molecule has 9 heteroatoms. The molecular formula is C9H3BrClF3N2S2. The number of nitrogens with zero attached hydrogens (tertiary/aromatic N) is 2. The molecule has 1 heterocycles. The lowest BCUT2D eigenvalue weighted by Crippen LogP contribution is -2.04. The third kappa shape index (κ3) is 3.11. The van der Waals surface area contributed by atoms with E-state index >= 15 is 0 Å². The van der Waals surface area contributed by atoms with Gasteiger partial charge in [-0.2, -0.15) is 17.5 Å². The third-order valence-corrected chi connectivity index (χ3v) is 4.75. The van der Waals surface area contributed by atoms with Gasteiger partial charge in [0.25, 0.3) is 0 Å². The van der Waals surface area contributed by atoms with Crippen molar-refractivity contribution in [2.24, 2.45) is 4.99 Å². The lowest BCUT2D eigenvalue weighted by molar-refractivity contribution is -0.137. The zero-order valence-corrected chi connectivity index (χ0v) is 12.3. The predicted molar refractivity (Wildman–Crippen MR) is 69.4 cm³/mol. The van der Waals surface area contributed by atoms with Crippen molar-refractivity contribution in [2.75, 3.05) is 0 Å². The number of hydrogen-bond donors (Lipinski definition) is 0. The minimum absolute atomic E-state index is 0.170. The molecule has 0 bridgehead atoms. The van der Waals surface area contributed by atoms with Crippen molar-refractivity contribution in [3.8, 4) is 0 Å². The summed E-state index contributed by atoms with van der Waals surface area (Å²) in [6.07, 6.45) is -4.40. The van der Waals surface area contributed by atoms with E-state index in [9.17, 15) is 13.2 Å². The van der Waals surface area contributed by atoms with E-state index in [2.05, 4.69) is 25.3 Å². The Bertz CT molecular complexity index is 635. The molecule has 18 heavy (non-hydrogen) atoms. The van der Waals surface area contributed by atoms with Gasteiger partial charge < -0.3 is 0 Å². The molecule has 1 aromatic heterocycles. The molecule has 0 N–H and O–H groups in total. The highest BCUT2D eigenvalue weighted by Gasteiger charge is 2.30. The highest BCUT2D eigenvalue weighted by molar-refractivity contribution is 9.10. The molecule has 0 unspecified atom stereocenters. The molecule has 2 nitrogen and oxygen atoms in total. The molecule has 96 valence electrons. The zero-order valence-electron chi connectivity index (χ0n) is 8.33. The van der Waals surface area contributed by atoms with Crippen molar-refractivity contribution >= 4 is 54.1 Å². The zero-order chi connectivity index (χ0) is 13.3. The van der Waals surface area contributed by atoms with Gasteiger partial charge in [-0.25, -0.2) is 4.99 Å². The summed E-state index contributed by atoms with van der Waals surface area (Å²) < 4.78 is 42.4.